The van der Waals surface area contributed by atoms with Crippen molar-refractivity contribution >= 4 is 53.1 Å². The van der Waals surface area contributed by atoms with Crippen LogP contribution in [0.15, 0.2) is 66.7 Å². The highest BCUT2D eigenvalue weighted by atomic mass is 32.1. The second-order valence-electron chi connectivity index (χ2n) is 5.88. The van der Waals surface area contributed by atoms with E-state index in [1.165, 1.54) is 47.3 Å². The summed E-state index contributed by atoms with van der Waals surface area (Å²) in [4.78, 5) is 0. The zero-order valence-corrected chi connectivity index (χ0v) is 13.1. The van der Waals surface area contributed by atoms with E-state index < -0.39 is 0 Å². The predicted octanol–water partition coefficient (Wildman–Crippen LogP) is 6.67. The molecule has 1 heterocycles. The Morgan fingerprint density at radius 3 is 2.18 bits per heavy atom. The standard InChI is InChI=1S/C21H14S/c1-13-12-15-7-3-5-9-17(15)20-19-16-8-4-2-6-14(16)10-11-18(19)22-21(13)20/h2-12H,1H3. The molecule has 0 N–H and O–H groups in total. The number of aryl methyl sites for hydroxylation is 1. The van der Waals surface area contributed by atoms with Crippen LogP contribution in [0, 0.1) is 6.92 Å². The molecule has 4 aromatic carbocycles. The fraction of sp³-hybridized carbons (Fsp3) is 0.0476. The maximum atomic E-state index is 2.31. The molecule has 1 aromatic heterocycles. The summed E-state index contributed by atoms with van der Waals surface area (Å²) in [5.41, 5.74) is 1.37. The molecule has 0 unspecified atom stereocenters. The Morgan fingerprint density at radius 2 is 1.36 bits per heavy atom. The summed E-state index contributed by atoms with van der Waals surface area (Å²) in [5, 5.41) is 8.22. The van der Waals surface area contributed by atoms with E-state index in [1.807, 2.05) is 11.3 Å². The van der Waals surface area contributed by atoms with E-state index in [-0.39, 0.29) is 0 Å². The minimum atomic E-state index is 1.32. The second kappa shape index (κ2) is 4.31. The van der Waals surface area contributed by atoms with Crippen molar-refractivity contribution in [1.82, 2.24) is 0 Å². The van der Waals surface area contributed by atoms with Crippen molar-refractivity contribution in [2.24, 2.45) is 0 Å². The maximum absolute atomic E-state index is 2.31. The first-order valence-corrected chi connectivity index (χ1v) is 8.37. The predicted molar refractivity (Wildman–Crippen MR) is 99.1 cm³/mol. The van der Waals surface area contributed by atoms with Gasteiger partial charge in [0.25, 0.3) is 0 Å². The van der Waals surface area contributed by atoms with Gasteiger partial charge in [-0.15, -0.1) is 11.3 Å². The third-order valence-corrected chi connectivity index (χ3v) is 5.83. The molecule has 1 heteroatoms. The van der Waals surface area contributed by atoms with Gasteiger partial charge in [-0.3, -0.25) is 0 Å². The van der Waals surface area contributed by atoms with E-state index >= 15 is 0 Å². The minimum absolute atomic E-state index is 1.32. The molecule has 0 aliphatic rings. The Kier molecular flexibility index (Phi) is 2.39. The molecular formula is C21H14S. The van der Waals surface area contributed by atoms with E-state index in [9.17, 15) is 0 Å². The summed E-state index contributed by atoms with van der Waals surface area (Å²) in [6.07, 6.45) is 0. The monoisotopic (exact) mass is 298 g/mol. The highest BCUT2D eigenvalue weighted by Gasteiger charge is 2.13. The summed E-state index contributed by atoms with van der Waals surface area (Å²) in [7, 11) is 0. The van der Waals surface area contributed by atoms with E-state index in [1.54, 1.807) is 0 Å². The lowest BCUT2D eigenvalue weighted by atomic mass is 9.98. The number of fused-ring (bicyclic) bond motifs is 7. The molecule has 5 aromatic rings. The van der Waals surface area contributed by atoms with Gasteiger partial charge in [-0.2, -0.15) is 0 Å². The molecule has 0 saturated heterocycles. The van der Waals surface area contributed by atoms with Gasteiger partial charge >= 0.3 is 0 Å². The van der Waals surface area contributed by atoms with Crippen LogP contribution in [0.1, 0.15) is 5.56 Å². The van der Waals surface area contributed by atoms with E-state index in [4.69, 9.17) is 0 Å². The molecule has 0 amide bonds. The van der Waals surface area contributed by atoms with Crippen molar-refractivity contribution in [3.05, 3.63) is 72.3 Å². The van der Waals surface area contributed by atoms with Crippen LogP contribution in [0.2, 0.25) is 0 Å². The van der Waals surface area contributed by atoms with Gasteiger partial charge in [-0.1, -0.05) is 54.6 Å². The first-order chi connectivity index (χ1) is 10.8. The van der Waals surface area contributed by atoms with Crippen LogP contribution in [0.4, 0.5) is 0 Å². The van der Waals surface area contributed by atoms with Crippen molar-refractivity contribution in [1.29, 1.82) is 0 Å². The fourth-order valence-corrected chi connectivity index (χ4v) is 4.76. The maximum Gasteiger partial charge on any atom is 0.0391 e. The Hall–Kier alpha value is -2.38. The number of hydrogen-bond donors (Lipinski definition) is 0. The van der Waals surface area contributed by atoms with Crippen LogP contribution in [0.5, 0.6) is 0 Å². The van der Waals surface area contributed by atoms with Gasteiger partial charge in [0, 0.05) is 20.2 Å². The average Bonchev–Trinajstić information content (AvgIpc) is 2.96. The van der Waals surface area contributed by atoms with Gasteiger partial charge in [0.2, 0.25) is 0 Å². The smallest absolute Gasteiger partial charge is 0.0391 e. The topological polar surface area (TPSA) is 0 Å². The van der Waals surface area contributed by atoms with Crippen LogP contribution in [0.25, 0.3) is 41.7 Å². The molecule has 0 bridgehead atoms. The molecule has 0 nitrogen and oxygen atoms in total. The molecule has 0 atom stereocenters. The third kappa shape index (κ3) is 1.52. The zero-order valence-electron chi connectivity index (χ0n) is 12.3. The SMILES string of the molecule is Cc1cc2ccccc2c2c1sc1ccc3ccccc3c12. The molecule has 5 rings (SSSR count). The quantitative estimate of drug-likeness (QED) is 0.299. The largest absolute Gasteiger partial charge is 0.135 e. The number of hydrogen-bond acceptors (Lipinski definition) is 1. The summed E-state index contributed by atoms with van der Waals surface area (Å²) in [6.45, 7) is 2.23. The molecule has 0 radical (unpaired) electrons. The van der Waals surface area contributed by atoms with Crippen LogP contribution in [0.3, 0.4) is 0 Å². The van der Waals surface area contributed by atoms with Crippen molar-refractivity contribution < 1.29 is 0 Å². The second-order valence-corrected chi connectivity index (χ2v) is 6.93. The lowest BCUT2D eigenvalue weighted by Crippen LogP contribution is -1.79. The van der Waals surface area contributed by atoms with E-state index in [2.05, 4.69) is 73.7 Å². The first kappa shape index (κ1) is 12.2. The highest BCUT2D eigenvalue weighted by Crippen LogP contribution is 2.43. The van der Waals surface area contributed by atoms with Gasteiger partial charge in [0.1, 0.15) is 0 Å². The van der Waals surface area contributed by atoms with Crippen molar-refractivity contribution in [2.45, 2.75) is 6.92 Å². The molecule has 0 saturated carbocycles. The Balaban J connectivity index is 2.20. The molecule has 0 spiro atoms. The summed E-state index contributed by atoms with van der Waals surface area (Å²) < 4.78 is 2.80. The lowest BCUT2D eigenvalue weighted by Gasteiger charge is -2.05. The molecule has 22 heavy (non-hydrogen) atoms. The van der Waals surface area contributed by atoms with Crippen LogP contribution >= 0.6 is 11.3 Å². The summed E-state index contributed by atoms with van der Waals surface area (Å²) in [6, 6.07) is 24.3. The fourth-order valence-electron chi connectivity index (χ4n) is 3.55. The van der Waals surface area contributed by atoms with Crippen LogP contribution < -0.4 is 0 Å². The molecule has 0 aliphatic carbocycles. The Labute approximate surface area is 132 Å². The number of rotatable bonds is 0. The van der Waals surface area contributed by atoms with Gasteiger partial charge < -0.3 is 0 Å². The number of thiophene rings is 1. The van der Waals surface area contributed by atoms with Crippen LogP contribution in [-0.4, -0.2) is 0 Å². The first-order valence-electron chi connectivity index (χ1n) is 7.55. The highest BCUT2D eigenvalue weighted by molar-refractivity contribution is 7.26. The van der Waals surface area contributed by atoms with Gasteiger partial charge in [0.15, 0.2) is 0 Å². The van der Waals surface area contributed by atoms with E-state index in [0.29, 0.717) is 0 Å². The summed E-state index contributed by atoms with van der Waals surface area (Å²) in [5.74, 6) is 0. The van der Waals surface area contributed by atoms with Crippen LogP contribution in [-0.2, 0) is 0 Å². The zero-order chi connectivity index (χ0) is 14.7. The van der Waals surface area contributed by atoms with Crippen molar-refractivity contribution in [2.75, 3.05) is 0 Å². The third-order valence-electron chi connectivity index (χ3n) is 4.54. The van der Waals surface area contributed by atoms with Gasteiger partial charge in [-0.25, -0.2) is 0 Å². The molecule has 0 aliphatic heterocycles. The molecular weight excluding hydrogens is 284 g/mol. The van der Waals surface area contributed by atoms with Gasteiger partial charge in [0.05, 0.1) is 0 Å². The van der Waals surface area contributed by atoms with Gasteiger partial charge in [-0.05, 0) is 46.2 Å². The Bertz CT molecular complexity index is 1180. The van der Waals surface area contributed by atoms with E-state index in [0.717, 1.165) is 0 Å². The lowest BCUT2D eigenvalue weighted by molar-refractivity contribution is 1.58. The van der Waals surface area contributed by atoms with Crippen molar-refractivity contribution in [3.63, 3.8) is 0 Å². The molecule has 104 valence electrons. The van der Waals surface area contributed by atoms with Crippen molar-refractivity contribution in [3.8, 4) is 0 Å². The average molecular weight is 298 g/mol. The number of benzene rings is 4. The Morgan fingerprint density at radius 1 is 0.682 bits per heavy atom. The minimum Gasteiger partial charge on any atom is -0.135 e. The molecule has 0 fully saturated rings. The normalized spacial score (nSPS) is 11.9. The summed E-state index contributed by atoms with van der Waals surface area (Å²) >= 11 is 1.92.